The summed E-state index contributed by atoms with van der Waals surface area (Å²) in [5, 5.41) is 7.18. The van der Waals surface area contributed by atoms with E-state index in [1.807, 2.05) is 10.9 Å². The highest BCUT2D eigenvalue weighted by Gasteiger charge is 2.24. The maximum Gasteiger partial charge on any atom is 0.271 e. The second-order valence-electron chi connectivity index (χ2n) is 4.78. The summed E-state index contributed by atoms with van der Waals surface area (Å²) in [6.07, 6.45) is 7.03. The minimum atomic E-state index is -0.0998. The zero-order valence-corrected chi connectivity index (χ0v) is 9.76. The van der Waals surface area contributed by atoms with Gasteiger partial charge >= 0.3 is 0 Å². The number of nitrogens with zero attached hydrogens (tertiary/aromatic N) is 2. The zero-order valence-electron chi connectivity index (χ0n) is 9.76. The van der Waals surface area contributed by atoms with Gasteiger partial charge in [-0.1, -0.05) is 12.8 Å². The summed E-state index contributed by atoms with van der Waals surface area (Å²) < 4.78 is 6.98. The fourth-order valence-corrected chi connectivity index (χ4v) is 2.31. The first-order valence-electron chi connectivity index (χ1n) is 6.28. The monoisotopic (exact) mass is 235 g/mol. The van der Waals surface area contributed by atoms with Crippen LogP contribution in [0.25, 0.3) is 0 Å². The van der Waals surface area contributed by atoms with Crippen LogP contribution in [0.4, 0.5) is 0 Å². The van der Waals surface area contributed by atoms with Crippen LogP contribution in [0.1, 0.15) is 42.2 Å². The van der Waals surface area contributed by atoms with Gasteiger partial charge in [0.1, 0.15) is 5.69 Å². The molecule has 1 aliphatic carbocycles. The van der Waals surface area contributed by atoms with Crippen LogP contribution in [0.5, 0.6) is 0 Å². The number of aromatic nitrogens is 2. The van der Waals surface area contributed by atoms with Gasteiger partial charge in [0.2, 0.25) is 0 Å². The van der Waals surface area contributed by atoms with Crippen LogP contribution >= 0.6 is 0 Å². The van der Waals surface area contributed by atoms with Gasteiger partial charge in [0.15, 0.2) is 0 Å². The summed E-state index contributed by atoms with van der Waals surface area (Å²) in [5.41, 5.74) is 0.512. The molecule has 1 aromatic heterocycles. The fourth-order valence-electron chi connectivity index (χ4n) is 2.31. The summed E-state index contributed by atoms with van der Waals surface area (Å²) >= 11 is 0. The molecule has 0 aromatic carbocycles. The van der Waals surface area contributed by atoms with Gasteiger partial charge in [-0.3, -0.25) is 9.48 Å². The largest absolute Gasteiger partial charge is 0.371 e. The standard InChI is InChI=1S/C12H17N3O2/c16-12(13-7-10-8-17-10)11-5-6-15(14-11)9-3-1-2-4-9/h5-6,9-10H,1-4,7-8H2,(H,13,16)/t10-/m1/s1. The minimum absolute atomic E-state index is 0.0998. The Labute approximate surface area is 100 Å². The molecule has 1 saturated heterocycles. The van der Waals surface area contributed by atoms with Crippen molar-refractivity contribution in [3.63, 3.8) is 0 Å². The van der Waals surface area contributed by atoms with Crippen molar-refractivity contribution >= 4 is 5.91 Å². The summed E-state index contributed by atoms with van der Waals surface area (Å²) in [6, 6.07) is 2.28. The molecule has 1 atom stereocenters. The molecular formula is C12H17N3O2. The topological polar surface area (TPSA) is 59.5 Å². The normalized spacial score (nSPS) is 23.9. The van der Waals surface area contributed by atoms with Gasteiger partial charge in [0, 0.05) is 12.7 Å². The fraction of sp³-hybridized carbons (Fsp3) is 0.667. The van der Waals surface area contributed by atoms with Gasteiger partial charge in [-0.25, -0.2) is 0 Å². The smallest absolute Gasteiger partial charge is 0.271 e. The van der Waals surface area contributed by atoms with Crippen molar-refractivity contribution in [2.45, 2.75) is 37.8 Å². The van der Waals surface area contributed by atoms with Crippen molar-refractivity contribution in [3.8, 4) is 0 Å². The molecule has 1 N–H and O–H groups in total. The first kappa shape index (κ1) is 10.8. The molecule has 92 valence electrons. The Hall–Kier alpha value is -1.36. The maximum absolute atomic E-state index is 11.8. The third kappa shape index (κ3) is 2.49. The van der Waals surface area contributed by atoms with Gasteiger partial charge in [-0.2, -0.15) is 5.10 Å². The Balaban J connectivity index is 1.60. The van der Waals surface area contributed by atoms with Crippen molar-refractivity contribution in [1.82, 2.24) is 15.1 Å². The lowest BCUT2D eigenvalue weighted by Crippen LogP contribution is -2.28. The maximum atomic E-state index is 11.8. The molecule has 2 heterocycles. The molecular weight excluding hydrogens is 218 g/mol. The number of nitrogens with one attached hydrogen (secondary N) is 1. The van der Waals surface area contributed by atoms with Crippen molar-refractivity contribution in [2.24, 2.45) is 0 Å². The molecule has 0 bridgehead atoms. The van der Waals surface area contributed by atoms with Crippen LogP contribution in [0.15, 0.2) is 12.3 Å². The number of ether oxygens (including phenoxy) is 1. The van der Waals surface area contributed by atoms with Gasteiger partial charge in [0.05, 0.1) is 18.8 Å². The molecule has 0 spiro atoms. The van der Waals surface area contributed by atoms with Crippen LogP contribution in [0.3, 0.4) is 0 Å². The highest BCUT2D eigenvalue weighted by molar-refractivity contribution is 5.92. The number of hydrogen-bond acceptors (Lipinski definition) is 3. The molecule has 5 heteroatoms. The van der Waals surface area contributed by atoms with E-state index in [1.54, 1.807) is 6.07 Å². The van der Waals surface area contributed by atoms with E-state index in [1.165, 1.54) is 25.7 Å². The Kier molecular flexibility index (Phi) is 2.84. The molecule has 0 radical (unpaired) electrons. The molecule has 1 saturated carbocycles. The second-order valence-corrected chi connectivity index (χ2v) is 4.78. The lowest BCUT2D eigenvalue weighted by atomic mass is 10.3. The predicted octanol–water partition coefficient (Wildman–Crippen LogP) is 1.13. The number of carbonyl (C=O) groups excluding carboxylic acids is 1. The third-order valence-electron chi connectivity index (χ3n) is 3.43. The second kappa shape index (κ2) is 4.49. The van der Waals surface area contributed by atoms with Crippen LogP contribution in [-0.2, 0) is 4.74 Å². The number of amides is 1. The SMILES string of the molecule is O=C(NC[C@@H]1CO1)c1ccn(C2CCCC2)n1. The Bertz CT molecular complexity index is 406. The quantitative estimate of drug-likeness (QED) is 0.796. The Morgan fingerprint density at radius 3 is 3.00 bits per heavy atom. The molecule has 1 amide bonds. The first-order valence-corrected chi connectivity index (χ1v) is 6.28. The summed E-state index contributed by atoms with van der Waals surface area (Å²) in [5.74, 6) is -0.0998. The highest BCUT2D eigenvalue weighted by Crippen LogP contribution is 2.28. The van der Waals surface area contributed by atoms with Crippen molar-refractivity contribution in [1.29, 1.82) is 0 Å². The molecule has 17 heavy (non-hydrogen) atoms. The van der Waals surface area contributed by atoms with Gasteiger partial charge in [-0.05, 0) is 18.9 Å². The van der Waals surface area contributed by atoms with Gasteiger partial charge in [0.25, 0.3) is 5.91 Å². The van der Waals surface area contributed by atoms with E-state index in [0.29, 0.717) is 18.3 Å². The van der Waals surface area contributed by atoms with Crippen LogP contribution < -0.4 is 5.32 Å². The van der Waals surface area contributed by atoms with Crippen LogP contribution in [0.2, 0.25) is 0 Å². The molecule has 2 aliphatic rings. The van der Waals surface area contributed by atoms with E-state index in [9.17, 15) is 4.79 Å². The summed E-state index contributed by atoms with van der Waals surface area (Å²) in [7, 11) is 0. The molecule has 5 nitrogen and oxygen atoms in total. The summed E-state index contributed by atoms with van der Waals surface area (Å²) in [4.78, 5) is 11.8. The molecule has 3 rings (SSSR count). The molecule has 1 aromatic rings. The van der Waals surface area contributed by atoms with Gasteiger partial charge < -0.3 is 10.1 Å². The minimum Gasteiger partial charge on any atom is -0.371 e. The highest BCUT2D eigenvalue weighted by atomic mass is 16.6. The molecule has 1 aliphatic heterocycles. The van der Waals surface area contributed by atoms with E-state index < -0.39 is 0 Å². The van der Waals surface area contributed by atoms with Crippen molar-refractivity contribution in [2.75, 3.05) is 13.2 Å². The van der Waals surface area contributed by atoms with E-state index in [4.69, 9.17) is 4.74 Å². The third-order valence-corrected chi connectivity index (χ3v) is 3.43. The Morgan fingerprint density at radius 1 is 1.53 bits per heavy atom. The summed E-state index contributed by atoms with van der Waals surface area (Å²) in [6.45, 7) is 1.35. The Morgan fingerprint density at radius 2 is 2.29 bits per heavy atom. The zero-order chi connectivity index (χ0) is 11.7. The van der Waals surface area contributed by atoms with Crippen molar-refractivity contribution < 1.29 is 9.53 Å². The average Bonchev–Trinajstić information content (AvgIpc) is 2.85. The van der Waals surface area contributed by atoms with E-state index in [2.05, 4.69) is 10.4 Å². The molecule has 2 fully saturated rings. The van der Waals surface area contributed by atoms with Crippen LogP contribution in [0, 0.1) is 0 Å². The predicted molar refractivity (Wildman–Crippen MR) is 61.8 cm³/mol. The van der Waals surface area contributed by atoms with E-state index in [0.717, 1.165) is 6.61 Å². The number of hydrogen-bond donors (Lipinski definition) is 1. The van der Waals surface area contributed by atoms with E-state index in [-0.39, 0.29) is 12.0 Å². The number of rotatable bonds is 4. The lowest BCUT2D eigenvalue weighted by Gasteiger charge is -2.08. The lowest BCUT2D eigenvalue weighted by molar-refractivity contribution is 0.0944. The number of epoxide rings is 1. The van der Waals surface area contributed by atoms with Gasteiger partial charge in [-0.15, -0.1) is 0 Å². The van der Waals surface area contributed by atoms with Crippen molar-refractivity contribution in [3.05, 3.63) is 18.0 Å². The first-order chi connectivity index (χ1) is 8.33. The van der Waals surface area contributed by atoms with Crippen LogP contribution in [-0.4, -0.2) is 34.9 Å². The van der Waals surface area contributed by atoms with E-state index >= 15 is 0 Å². The average molecular weight is 235 g/mol. The molecule has 0 unspecified atom stereocenters. The number of carbonyl (C=O) groups is 1.